The molecule has 2 N–H and O–H groups in total. The van der Waals surface area contributed by atoms with Gasteiger partial charge in [0.25, 0.3) is 0 Å². The van der Waals surface area contributed by atoms with Crippen molar-refractivity contribution in [2.45, 2.75) is 12.8 Å². The Balaban J connectivity index is 1.77. The first-order valence-electron chi connectivity index (χ1n) is 5.19. The van der Waals surface area contributed by atoms with Crippen molar-refractivity contribution in [2.24, 2.45) is 16.9 Å². The maximum Gasteiger partial charge on any atom is 0.187 e. The number of hydrogen-bond acceptors (Lipinski definition) is 2. The molecule has 0 aromatic rings. The average molecular weight is 221 g/mol. The van der Waals surface area contributed by atoms with Crippen molar-refractivity contribution in [1.82, 2.24) is 10.7 Å². The number of fused-ring (bicyclic) bond motifs is 1. The summed E-state index contributed by atoms with van der Waals surface area (Å²) in [4.78, 5) is 0. The second-order valence-electron chi connectivity index (χ2n) is 3.87. The minimum atomic E-state index is 0.563. The molecule has 0 spiro atoms. The van der Waals surface area contributed by atoms with Crippen molar-refractivity contribution >= 4 is 23.0 Å². The third-order valence-electron chi connectivity index (χ3n) is 2.85. The lowest BCUT2D eigenvalue weighted by Gasteiger charge is -2.31. The van der Waals surface area contributed by atoms with E-state index in [1.807, 2.05) is 0 Å². The van der Waals surface area contributed by atoms with Crippen molar-refractivity contribution in [2.75, 3.05) is 6.54 Å². The summed E-state index contributed by atoms with van der Waals surface area (Å²) in [5.74, 6) is 1.37. The van der Waals surface area contributed by atoms with Crippen molar-refractivity contribution in [3.63, 3.8) is 0 Å². The molecule has 0 bridgehead atoms. The summed E-state index contributed by atoms with van der Waals surface area (Å²) < 4.78 is 0. The van der Waals surface area contributed by atoms with Crippen LogP contribution in [0.15, 0.2) is 29.9 Å². The predicted octanol–water partition coefficient (Wildman–Crippen LogP) is 1.59. The second-order valence-corrected chi connectivity index (χ2v) is 4.28. The van der Waals surface area contributed by atoms with E-state index < -0.39 is 0 Å². The highest BCUT2D eigenvalue weighted by Crippen LogP contribution is 2.39. The molecule has 15 heavy (non-hydrogen) atoms. The van der Waals surface area contributed by atoms with Crippen LogP contribution in [0.25, 0.3) is 0 Å². The van der Waals surface area contributed by atoms with Crippen LogP contribution >= 0.6 is 12.2 Å². The minimum Gasteiger partial charge on any atom is -0.358 e. The van der Waals surface area contributed by atoms with Gasteiger partial charge in [-0.2, -0.15) is 5.10 Å². The molecule has 0 aliphatic heterocycles. The highest BCUT2D eigenvalue weighted by Gasteiger charge is 2.37. The average Bonchev–Trinajstić information content (AvgIpc) is 2.57. The third-order valence-corrected chi connectivity index (χ3v) is 3.09. The van der Waals surface area contributed by atoms with E-state index in [2.05, 4.69) is 34.6 Å². The fourth-order valence-corrected chi connectivity index (χ4v) is 2.12. The van der Waals surface area contributed by atoms with Crippen LogP contribution in [-0.4, -0.2) is 17.4 Å². The zero-order valence-corrected chi connectivity index (χ0v) is 9.39. The summed E-state index contributed by atoms with van der Waals surface area (Å²) in [5.41, 5.74) is 4.08. The lowest BCUT2D eigenvalue weighted by Crippen LogP contribution is -2.38. The number of rotatable bonds is 3. The Labute approximate surface area is 95.3 Å². The first-order chi connectivity index (χ1) is 7.31. The van der Waals surface area contributed by atoms with Crippen molar-refractivity contribution in [3.8, 4) is 0 Å². The Morgan fingerprint density at radius 3 is 3.33 bits per heavy atom. The van der Waals surface area contributed by atoms with Gasteiger partial charge in [-0.1, -0.05) is 18.2 Å². The Bertz CT molecular complexity index is 333. The number of hydrazone groups is 1. The first kappa shape index (κ1) is 10.4. The number of thiocarbonyl (C=S) groups is 1. The summed E-state index contributed by atoms with van der Waals surface area (Å²) in [6.45, 7) is 4.27. The summed E-state index contributed by atoms with van der Waals surface area (Å²) in [5, 5.41) is 7.84. The molecule has 1 fully saturated rings. The molecule has 0 unspecified atom stereocenters. The smallest absolute Gasteiger partial charge is 0.187 e. The SMILES string of the molecule is C=CCNC(=S)N/N=C1/C[C@@H]2CC=C[C@@H]12. The van der Waals surface area contributed by atoms with Gasteiger partial charge in [0.1, 0.15) is 0 Å². The molecule has 0 aromatic heterocycles. The molecule has 80 valence electrons. The van der Waals surface area contributed by atoms with E-state index in [4.69, 9.17) is 12.2 Å². The molecule has 0 aromatic carbocycles. The number of hydrogen-bond donors (Lipinski definition) is 2. The fourth-order valence-electron chi connectivity index (χ4n) is 1.99. The molecule has 0 saturated heterocycles. The number of allylic oxidation sites excluding steroid dienone is 2. The van der Waals surface area contributed by atoms with Gasteiger partial charge < -0.3 is 5.32 Å². The van der Waals surface area contributed by atoms with E-state index in [0.717, 1.165) is 12.3 Å². The van der Waals surface area contributed by atoms with Crippen LogP contribution in [0.1, 0.15) is 12.8 Å². The lowest BCUT2D eigenvalue weighted by atomic mass is 9.74. The van der Waals surface area contributed by atoms with Crippen molar-refractivity contribution in [1.29, 1.82) is 0 Å². The van der Waals surface area contributed by atoms with Crippen LogP contribution in [0.5, 0.6) is 0 Å². The van der Waals surface area contributed by atoms with E-state index in [0.29, 0.717) is 17.6 Å². The highest BCUT2D eigenvalue weighted by atomic mass is 32.1. The van der Waals surface area contributed by atoms with Crippen molar-refractivity contribution < 1.29 is 0 Å². The molecule has 2 aliphatic rings. The maximum atomic E-state index is 5.03. The molecule has 0 amide bonds. The van der Waals surface area contributed by atoms with Gasteiger partial charge in [-0.3, -0.25) is 5.43 Å². The summed E-state index contributed by atoms with van der Waals surface area (Å²) in [6.07, 6.45) is 8.57. The van der Waals surface area contributed by atoms with Gasteiger partial charge in [0.05, 0.1) is 0 Å². The van der Waals surface area contributed by atoms with Crippen LogP contribution in [0.2, 0.25) is 0 Å². The molecular formula is C11H15N3S. The first-order valence-corrected chi connectivity index (χ1v) is 5.60. The van der Waals surface area contributed by atoms with Gasteiger partial charge in [0, 0.05) is 18.2 Å². The highest BCUT2D eigenvalue weighted by molar-refractivity contribution is 7.80. The Kier molecular flexibility index (Phi) is 3.16. The topological polar surface area (TPSA) is 36.4 Å². The third kappa shape index (κ3) is 2.26. The van der Waals surface area contributed by atoms with E-state index in [9.17, 15) is 0 Å². The Morgan fingerprint density at radius 1 is 1.73 bits per heavy atom. The minimum absolute atomic E-state index is 0.563. The predicted molar refractivity (Wildman–Crippen MR) is 66.7 cm³/mol. The number of nitrogens with zero attached hydrogens (tertiary/aromatic N) is 1. The summed E-state index contributed by atoms with van der Waals surface area (Å²) in [7, 11) is 0. The fraction of sp³-hybridized carbons (Fsp3) is 0.455. The zero-order valence-electron chi connectivity index (χ0n) is 8.57. The van der Waals surface area contributed by atoms with E-state index >= 15 is 0 Å². The van der Waals surface area contributed by atoms with Crippen LogP contribution in [0.3, 0.4) is 0 Å². The zero-order chi connectivity index (χ0) is 10.7. The molecule has 3 nitrogen and oxygen atoms in total. The van der Waals surface area contributed by atoms with Crippen LogP contribution in [-0.2, 0) is 0 Å². The van der Waals surface area contributed by atoms with Crippen molar-refractivity contribution in [3.05, 3.63) is 24.8 Å². The van der Waals surface area contributed by atoms with Crippen LogP contribution in [0.4, 0.5) is 0 Å². The van der Waals surface area contributed by atoms with Gasteiger partial charge in [0.15, 0.2) is 5.11 Å². The van der Waals surface area contributed by atoms with E-state index in [-0.39, 0.29) is 0 Å². The molecule has 4 heteroatoms. The van der Waals surface area contributed by atoms with E-state index in [1.54, 1.807) is 6.08 Å². The normalized spacial score (nSPS) is 29.5. The van der Waals surface area contributed by atoms with Gasteiger partial charge in [0.2, 0.25) is 0 Å². The van der Waals surface area contributed by atoms with Gasteiger partial charge in [-0.25, -0.2) is 0 Å². The largest absolute Gasteiger partial charge is 0.358 e. The molecule has 2 aliphatic carbocycles. The second kappa shape index (κ2) is 4.57. The van der Waals surface area contributed by atoms with Gasteiger partial charge >= 0.3 is 0 Å². The van der Waals surface area contributed by atoms with Crippen LogP contribution in [0, 0.1) is 11.8 Å². The molecule has 0 heterocycles. The van der Waals surface area contributed by atoms with Gasteiger partial charge in [-0.15, -0.1) is 6.58 Å². The monoisotopic (exact) mass is 221 g/mol. The molecule has 0 radical (unpaired) electrons. The van der Waals surface area contributed by atoms with Crippen LogP contribution < -0.4 is 10.7 Å². The number of nitrogens with one attached hydrogen (secondary N) is 2. The van der Waals surface area contributed by atoms with Gasteiger partial charge in [-0.05, 0) is 31.0 Å². The summed E-state index contributed by atoms with van der Waals surface area (Å²) in [6, 6.07) is 0. The Hall–Kier alpha value is -1.16. The quantitative estimate of drug-likeness (QED) is 0.432. The summed E-state index contributed by atoms with van der Waals surface area (Å²) >= 11 is 5.03. The maximum absolute atomic E-state index is 5.03. The molecular weight excluding hydrogens is 206 g/mol. The molecule has 1 saturated carbocycles. The Morgan fingerprint density at radius 2 is 2.60 bits per heavy atom. The standard InChI is InChI=1S/C11H15N3S/c1-2-6-12-11(15)14-13-10-7-8-4-3-5-9(8)10/h2-3,5,8-9H,1,4,6-7H2,(H2,12,14,15)/b13-10-/t8-,9+/m0/s1. The van der Waals surface area contributed by atoms with E-state index in [1.165, 1.54) is 12.1 Å². The molecule has 2 rings (SSSR count). The molecule has 2 atom stereocenters. The lowest BCUT2D eigenvalue weighted by molar-refractivity contribution is 0.444.